The number of nitrogens with zero attached hydrogens (tertiary/aromatic N) is 1. The Balaban J connectivity index is 2.08. The second-order valence-corrected chi connectivity index (χ2v) is 5.46. The Morgan fingerprint density at radius 2 is 2.00 bits per heavy atom. The standard InChI is InChI=1S/C14H16N2O2S/c1-4-18-12-7-5-11(6-8-12)16-14(17)13-9(2)19-10(3)15-13/h5-8H,4H2,1-3H3,(H,16,17). The van der Waals surface area contributed by atoms with Gasteiger partial charge in [-0.3, -0.25) is 4.79 Å². The fourth-order valence-corrected chi connectivity index (χ4v) is 2.55. The highest BCUT2D eigenvalue weighted by Gasteiger charge is 2.13. The number of amides is 1. The summed E-state index contributed by atoms with van der Waals surface area (Å²) in [4.78, 5) is 17.2. The summed E-state index contributed by atoms with van der Waals surface area (Å²) in [6.07, 6.45) is 0. The van der Waals surface area contributed by atoms with E-state index in [0.717, 1.165) is 21.3 Å². The minimum atomic E-state index is -0.175. The summed E-state index contributed by atoms with van der Waals surface area (Å²) in [6, 6.07) is 7.30. The number of thiazole rings is 1. The lowest BCUT2D eigenvalue weighted by Crippen LogP contribution is -2.13. The maximum Gasteiger partial charge on any atom is 0.275 e. The van der Waals surface area contributed by atoms with Gasteiger partial charge in [-0.05, 0) is 45.0 Å². The van der Waals surface area contributed by atoms with Crippen molar-refractivity contribution in [1.82, 2.24) is 4.98 Å². The van der Waals surface area contributed by atoms with Gasteiger partial charge in [-0.25, -0.2) is 4.98 Å². The van der Waals surface area contributed by atoms with Gasteiger partial charge in [0.05, 0.1) is 11.6 Å². The van der Waals surface area contributed by atoms with E-state index < -0.39 is 0 Å². The summed E-state index contributed by atoms with van der Waals surface area (Å²) >= 11 is 1.53. The molecule has 0 atom stereocenters. The second-order valence-electron chi connectivity index (χ2n) is 4.05. The van der Waals surface area contributed by atoms with E-state index in [9.17, 15) is 4.79 Å². The second kappa shape index (κ2) is 5.84. The van der Waals surface area contributed by atoms with Crippen LogP contribution in [0.4, 0.5) is 5.69 Å². The van der Waals surface area contributed by atoms with Gasteiger partial charge >= 0.3 is 0 Å². The van der Waals surface area contributed by atoms with E-state index >= 15 is 0 Å². The number of ether oxygens (including phenoxy) is 1. The molecule has 0 spiro atoms. The predicted molar refractivity (Wildman–Crippen MR) is 77.2 cm³/mol. The van der Waals surface area contributed by atoms with Crippen LogP contribution in [0.3, 0.4) is 0 Å². The molecule has 2 rings (SSSR count). The van der Waals surface area contributed by atoms with Crippen LogP contribution in [0.5, 0.6) is 5.75 Å². The van der Waals surface area contributed by atoms with Crippen LogP contribution in [-0.4, -0.2) is 17.5 Å². The van der Waals surface area contributed by atoms with E-state index in [1.54, 1.807) is 0 Å². The van der Waals surface area contributed by atoms with Gasteiger partial charge in [0.15, 0.2) is 0 Å². The highest BCUT2D eigenvalue weighted by Crippen LogP contribution is 2.19. The monoisotopic (exact) mass is 276 g/mol. The molecular weight excluding hydrogens is 260 g/mol. The molecule has 100 valence electrons. The van der Waals surface area contributed by atoms with E-state index in [2.05, 4.69) is 10.3 Å². The molecule has 1 N–H and O–H groups in total. The molecule has 5 heteroatoms. The van der Waals surface area contributed by atoms with Crippen LogP contribution in [-0.2, 0) is 0 Å². The summed E-state index contributed by atoms with van der Waals surface area (Å²) in [5.41, 5.74) is 1.23. The first-order valence-electron chi connectivity index (χ1n) is 6.08. The molecule has 1 aromatic heterocycles. The number of hydrogen-bond acceptors (Lipinski definition) is 4. The molecule has 2 aromatic rings. The van der Waals surface area contributed by atoms with Crippen molar-refractivity contribution in [3.63, 3.8) is 0 Å². The smallest absolute Gasteiger partial charge is 0.275 e. The summed E-state index contributed by atoms with van der Waals surface area (Å²) in [6.45, 7) is 6.36. The highest BCUT2D eigenvalue weighted by molar-refractivity contribution is 7.11. The Morgan fingerprint density at radius 1 is 1.32 bits per heavy atom. The molecule has 0 radical (unpaired) electrons. The molecule has 1 heterocycles. The first-order chi connectivity index (χ1) is 9.10. The molecule has 0 aliphatic heterocycles. The first kappa shape index (κ1) is 13.5. The van der Waals surface area contributed by atoms with Crippen LogP contribution >= 0.6 is 11.3 Å². The third-order valence-corrected chi connectivity index (χ3v) is 3.43. The molecular formula is C14H16N2O2S. The lowest BCUT2D eigenvalue weighted by Gasteiger charge is -2.06. The zero-order chi connectivity index (χ0) is 13.8. The van der Waals surface area contributed by atoms with Crippen molar-refractivity contribution in [1.29, 1.82) is 0 Å². The van der Waals surface area contributed by atoms with Crippen LogP contribution in [0, 0.1) is 13.8 Å². The summed E-state index contributed by atoms with van der Waals surface area (Å²) in [7, 11) is 0. The molecule has 4 nitrogen and oxygen atoms in total. The van der Waals surface area contributed by atoms with Crippen molar-refractivity contribution in [2.24, 2.45) is 0 Å². The molecule has 1 amide bonds. The van der Waals surface area contributed by atoms with Crippen molar-refractivity contribution < 1.29 is 9.53 Å². The molecule has 0 fully saturated rings. The number of carbonyl (C=O) groups is 1. The van der Waals surface area contributed by atoms with Crippen LogP contribution in [0.25, 0.3) is 0 Å². The lowest BCUT2D eigenvalue weighted by atomic mass is 10.3. The number of carbonyl (C=O) groups excluding carboxylic acids is 1. The Hall–Kier alpha value is -1.88. The largest absolute Gasteiger partial charge is 0.494 e. The maximum absolute atomic E-state index is 12.1. The zero-order valence-electron chi connectivity index (χ0n) is 11.2. The van der Waals surface area contributed by atoms with Gasteiger partial charge in [0.2, 0.25) is 0 Å². The van der Waals surface area contributed by atoms with Crippen molar-refractivity contribution in [3.8, 4) is 5.75 Å². The molecule has 0 saturated carbocycles. The summed E-state index contributed by atoms with van der Waals surface area (Å²) < 4.78 is 5.35. The van der Waals surface area contributed by atoms with E-state index in [0.29, 0.717) is 12.3 Å². The quantitative estimate of drug-likeness (QED) is 0.931. The Bertz CT molecular complexity index is 576. The number of rotatable bonds is 4. The van der Waals surface area contributed by atoms with Gasteiger partial charge in [0, 0.05) is 10.6 Å². The van der Waals surface area contributed by atoms with Crippen LogP contribution in [0.15, 0.2) is 24.3 Å². The van der Waals surface area contributed by atoms with Gasteiger partial charge in [-0.2, -0.15) is 0 Å². The highest BCUT2D eigenvalue weighted by atomic mass is 32.1. The van der Waals surface area contributed by atoms with Gasteiger partial charge in [0.25, 0.3) is 5.91 Å². The van der Waals surface area contributed by atoms with Gasteiger partial charge in [-0.15, -0.1) is 11.3 Å². The number of benzene rings is 1. The summed E-state index contributed by atoms with van der Waals surface area (Å²) in [5.74, 6) is 0.618. The summed E-state index contributed by atoms with van der Waals surface area (Å²) in [5, 5.41) is 3.73. The van der Waals surface area contributed by atoms with Crippen molar-refractivity contribution in [2.75, 3.05) is 11.9 Å². The van der Waals surface area contributed by atoms with Crippen molar-refractivity contribution >= 4 is 22.9 Å². The molecule has 0 saturated heterocycles. The van der Waals surface area contributed by atoms with E-state index in [1.807, 2.05) is 45.0 Å². The van der Waals surface area contributed by atoms with E-state index in [-0.39, 0.29) is 5.91 Å². The third-order valence-electron chi connectivity index (χ3n) is 2.54. The van der Waals surface area contributed by atoms with Gasteiger partial charge in [-0.1, -0.05) is 0 Å². The van der Waals surface area contributed by atoms with Crippen LogP contribution in [0.2, 0.25) is 0 Å². The number of anilines is 1. The molecule has 1 aromatic carbocycles. The molecule has 19 heavy (non-hydrogen) atoms. The first-order valence-corrected chi connectivity index (χ1v) is 6.90. The van der Waals surface area contributed by atoms with Gasteiger partial charge in [0.1, 0.15) is 11.4 Å². The number of aromatic nitrogens is 1. The lowest BCUT2D eigenvalue weighted by molar-refractivity contribution is 0.102. The van der Waals surface area contributed by atoms with Crippen LogP contribution in [0.1, 0.15) is 27.3 Å². The zero-order valence-corrected chi connectivity index (χ0v) is 12.0. The molecule has 0 aliphatic carbocycles. The predicted octanol–water partition coefficient (Wildman–Crippen LogP) is 3.41. The number of hydrogen-bond donors (Lipinski definition) is 1. The molecule has 0 unspecified atom stereocenters. The third kappa shape index (κ3) is 3.32. The van der Waals surface area contributed by atoms with Crippen molar-refractivity contribution in [2.45, 2.75) is 20.8 Å². The average Bonchev–Trinajstić information content (AvgIpc) is 2.71. The van der Waals surface area contributed by atoms with Crippen molar-refractivity contribution in [3.05, 3.63) is 39.8 Å². The SMILES string of the molecule is CCOc1ccc(NC(=O)c2nc(C)sc2C)cc1. The fraction of sp³-hybridized carbons (Fsp3) is 0.286. The van der Waals surface area contributed by atoms with Gasteiger partial charge < -0.3 is 10.1 Å². The van der Waals surface area contributed by atoms with E-state index in [1.165, 1.54) is 11.3 Å². The Morgan fingerprint density at radius 3 is 2.53 bits per heavy atom. The van der Waals surface area contributed by atoms with E-state index in [4.69, 9.17) is 4.74 Å². The topological polar surface area (TPSA) is 51.2 Å². The maximum atomic E-state index is 12.1. The van der Waals surface area contributed by atoms with Crippen LogP contribution < -0.4 is 10.1 Å². The molecule has 0 aliphatic rings. The average molecular weight is 276 g/mol. The Kier molecular flexibility index (Phi) is 4.16. The normalized spacial score (nSPS) is 10.3. The Labute approximate surface area is 116 Å². The fourth-order valence-electron chi connectivity index (χ4n) is 1.73. The molecule has 0 bridgehead atoms. The minimum Gasteiger partial charge on any atom is -0.494 e. The number of nitrogens with one attached hydrogen (secondary N) is 1. The number of aryl methyl sites for hydroxylation is 2. The minimum absolute atomic E-state index is 0.175.